The Morgan fingerprint density at radius 1 is 1.04 bits per heavy atom. The number of likely N-dealkylation sites (N-methyl/N-ethyl adjacent to an activating group) is 1. The van der Waals surface area contributed by atoms with Gasteiger partial charge in [-0.15, -0.1) is 0 Å². The minimum absolute atomic E-state index is 0.0785. The Bertz CT molecular complexity index is 793. The topological polar surface area (TPSA) is 67.9 Å². The Balaban J connectivity index is 1.99. The van der Waals surface area contributed by atoms with Crippen molar-refractivity contribution in [1.82, 2.24) is 10.2 Å². The average Bonchev–Trinajstić information content (AvgIpc) is 2.70. The second-order valence-corrected chi connectivity index (χ2v) is 5.79. The van der Waals surface area contributed by atoms with Crippen LogP contribution in [0.3, 0.4) is 0 Å². The number of carbonyl (C=O) groups is 2. The van der Waals surface area contributed by atoms with Crippen molar-refractivity contribution in [3.05, 3.63) is 59.4 Å². The Morgan fingerprint density at radius 3 is 2.30 bits per heavy atom. The van der Waals surface area contributed by atoms with E-state index in [1.807, 2.05) is 0 Å². The minimum Gasteiger partial charge on any atom is -0.493 e. The lowest BCUT2D eigenvalue weighted by Crippen LogP contribution is -2.40. The zero-order valence-electron chi connectivity index (χ0n) is 15.6. The number of rotatable bonds is 8. The molecule has 0 spiro atoms. The van der Waals surface area contributed by atoms with E-state index in [0.29, 0.717) is 23.6 Å². The van der Waals surface area contributed by atoms with E-state index in [-0.39, 0.29) is 30.7 Å². The third-order valence-electron chi connectivity index (χ3n) is 4.04. The second-order valence-electron chi connectivity index (χ2n) is 5.79. The van der Waals surface area contributed by atoms with Crippen LogP contribution in [0.2, 0.25) is 0 Å². The molecule has 0 atom stereocenters. The van der Waals surface area contributed by atoms with Crippen LogP contribution < -0.4 is 14.8 Å². The van der Waals surface area contributed by atoms with Crippen LogP contribution in [0, 0.1) is 5.82 Å². The van der Waals surface area contributed by atoms with E-state index >= 15 is 0 Å². The standard InChI is InChI=1S/C20H23FN2O4/c1-4-23(13-19(24)22-12-14-5-8-16(21)9-6-14)20(25)15-7-10-17(26-2)18(11-15)27-3/h5-11H,4,12-13H2,1-3H3,(H,22,24). The number of hydrogen-bond acceptors (Lipinski definition) is 4. The molecule has 0 unspecified atom stereocenters. The molecule has 0 heterocycles. The summed E-state index contributed by atoms with van der Waals surface area (Å²) in [4.78, 5) is 26.3. The fourth-order valence-electron chi connectivity index (χ4n) is 2.51. The summed E-state index contributed by atoms with van der Waals surface area (Å²) in [5, 5.41) is 2.73. The number of nitrogens with one attached hydrogen (secondary N) is 1. The number of methoxy groups -OCH3 is 2. The van der Waals surface area contributed by atoms with Gasteiger partial charge in [0, 0.05) is 18.7 Å². The van der Waals surface area contributed by atoms with Gasteiger partial charge < -0.3 is 19.7 Å². The van der Waals surface area contributed by atoms with Crippen molar-refractivity contribution in [2.24, 2.45) is 0 Å². The molecule has 7 heteroatoms. The SMILES string of the molecule is CCN(CC(=O)NCc1ccc(F)cc1)C(=O)c1ccc(OC)c(OC)c1. The van der Waals surface area contributed by atoms with Crippen molar-refractivity contribution < 1.29 is 23.5 Å². The van der Waals surface area contributed by atoms with Gasteiger partial charge in [0.25, 0.3) is 5.91 Å². The average molecular weight is 374 g/mol. The molecule has 0 fully saturated rings. The normalized spacial score (nSPS) is 10.2. The first-order valence-corrected chi connectivity index (χ1v) is 8.51. The molecule has 0 radical (unpaired) electrons. The molecule has 2 amide bonds. The molecule has 2 aromatic rings. The molecule has 6 nitrogen and oxygen atoms in total. The molecule has 0 saturated carbocycles. The zero-order chi connectivity index (χ0) is 19.8. The monoisotopic (exact) mass is 374 g/mol. The predicted octanol–water partition coefficient (Wildman–Crippen LogP) is 2.62. The highest BCUT2D eigenvalue weighted by molar-refractivity contribution is 5.97. The van der Waals surface area contributed by atoms with Crippen molar-refractivity contribution in [3.8, 4) is 11.5 Å². The van der Waals surface area contributed by atoms with E-state index in [0.717, 1.165) is 5.56 Å². The van der Waals surface area contributed by atoms with Gasteiger partial charge in [-0.2, -0.15) is 0 Å². The Hall–Kier alpha value is -3.09. The summed E-state index contributed by atoms with van der Waals surface area (Å²) in [7, 11) is 3.01. The van der Waals surface area contributed by atoms with Crippen molar-refractivity contribution in [1.29, 1.82) is 0 Å². The van der Waals surface area contributed by atoms with Gasteiger partial charge in [-0.3, -0.25) is 9.59 Å². The van der Waals surface area contributed by atoms with Crippen LogP contribution in [0.4, 0.5) is 4.39 Å². The van der Waals surface area contributed by atoms with E-state index in [1.165, 1.54) is 31.3 Å². The molecule has 0 bridgehead atoms. The molecule has 1 N–H and O–H groups in total. The number of amides is 2. The van der Waals surface area contributed by atoms with Crippen LogP contribution in [-0.4, -0.2) is 44.0 Å². The van der Waals surface area contributed by atoms with Crippen LogP contribution in [-0.2, 0) is 11.3 Å². The highest BCUT2D eigenvalue weighted by Gasteiger charge is 2.19. The highest BCUT2D eigenvalue weighted by Crippen LogP contribution is 2.28. The van der Waals surface area contributed by atoms with Crippen LogP contribution in [0.25, 0.3) is 0 Å². The molecule has 0 aliphatic rings. The van der Waals surface area contributed by atoms with Crippen LogP contribution in [0.15, 0.2) is 42.5 Å². The smallest absolute Gasteiger partial charge is 0.254 e. The lowest BCUT2D eigenvalue weighted by molar-refractivity contribution is -0.121. The molecular weight excluding hydrogens is 351 g/mol. The first-order valence-electron chi connectivity index (χ1n) is 8.51. The van der Waals surface area contributed by atoms with E-state index in [9.17, 15) is 14.0 Å². The Kier molecular flexibility index (Phi) is 7.16. The Morgan fingerprint density at radius 2 is 1.70 bits per heavy atom. The predicted molar refractivity (Wildman–Crippen MR) is 99.4 cm³/mol. The largest absolute Gasteiger partial charge is 0.493 e. The van der Waals surface area contributed by atoms with Gasteiger partial charge in [-0.25, -0.2) is 4.39 Å². The van der Waals surface area contributed by atoms with E-state index in [4.69, 9.17) is 9.47 Å². The van der Waals surface area contributed by atoms with Crippen molar-refractivity contribution in [3.63, 3.8) is 0 Å². The maximum atomic E-state index is 12.9. The molecule has 27 heavy (non-hydrogen) atoms. The zero-order valence-corrected chi connectivity index (χ0v) is 15.6. The summed E-state index contributed by atoms with van der Waals surface area (Å²) in [5.74, 6) is 0.0578. The maximum absolute atomic E-state index is 12.9. The van der Waals surface area contributed by atoms with E-state index < -0.39 is 0 Å². The molecular formula is C20H23FN2O4. The number of benzene rings is 2. The van der Waals surface area contributed by atoms with Crippen molar-refractivity contribution in [2.45, 2.75) is 13.5 Å². The summed E-state index contributed by atoms with van der Waals surface area (Å²) in [5.41, 5.74) is 1.18. The number of hydrogen-bond donors (Lipinski definition) is 1. The number of ether oxygens (including phenoxy) is 2. The Labute approximate surface area is 157 Å². The fourth-order valence-corrected chi connectivity index (χ4v) is 2.51. The lowest BCUT2D eigenvalue weighted by atomic mass is 10.1. The molecule has 0 aliphatic carbocycles. The third kappa shape index (κ3) is 5.44. The van der Waals surface area contributed by atoms with Gasteiger partial charge in [-0.1, -0.05) is 12.1 Å². The summed E-state index contributed by atoms with van der Waals surface area (Å²) in [6.07, 6.45) is 0. The lowest BCUT2D eigenvalue weighted by Gasteiger charge is -2.21. The molecule has 2 aromatic carbocycles. The first-order chi connectivity index (χ1) is 13.0. The molecule has 0 saturated heterocycles. The van der Waals surface area contributed by atoms with Crippen molar-refractivity contribution in [2.75, 3.05) is 27.3 Å². The van der Waals surface area contributed by atoms with Gasteiger partial charge >= 0.3 is 0 Å². The molecule has 144 valence electrons. The molecule has 2 rings (SSSR count). The quantitative estimate of drug-likeness (QED) is 0.771. The van der Waals surface area contributed by atoms with Crippen molar-refractivity contribution >= 4 is 11.8 Å². The summed E-state index contributed by atoms with van der Waals surface area (Å²) in [6, 6.07) is 10.7. The van der Waals surface area contributed by atoms with E-state index in [2.05, 4.69) is 5.32 Å². The highest BCUT2D eigenvalue weighted by atomic mass is 19.1. The summed E-state index contributed by atoms with van der Waals surface area (Å²) >= 11 is 0. The van der Waals surface area contributed by atoms with Gasteiger partial charge in [-0.05, 0) is 42.8 Å². The van der Waals surface area contributed by atoms with Gasteiger partial charge in [0.1, 0.15) is 5.82 Å². The van der Waals surface area contributed by atoms with Crippen LogP contribution in [0.5, 0.6) is 11.5 Å². The van der Waals surface area contributed by atoms with Gasteiger partial charge in [0.15, 0.2) is 11.5 Å². The minimum atomic E-state index is -0.331. The summed E-state index contributed by atoms with van der Waals surface area (Å²) in [6.45, 7) is 2.36. The van der Waals surface area contributed by atoms with Crippen LogP contribution in [0.1, 0.15) is 22.8 Å². The molecule has 0 aliphatic heterocycles. The maximum Gasteiger partial charge on any atom is 0.254 e. The van der Waals surface area contributed by atoms with Gasteiger partial charge in [0.2, 0.25) is 5.91 Å². The number of nitrogens with zero attached hydrogens (tertiary/aromatic N) is 1. The number of carbonyl (C=O) groups excluding carboxylic acids is 2. The number of halogens is 1. The third-order valence-corrected chi connectivity index (χ3v) is 4.04. The second kappa shape index (κ2) is 9.56. The van der Waals surface area contributed by atoms with Gasteiger partial charge in [0.05, 0.1) is 20.8 Å². The fraction of sp³-hybridized carbons (Fsp3) is 0.300. The van der Waals surface area contributed by atoms with E-state index in [1.54, 1.807) is 37.3 Å². The molecule has 0 aromatic heterocycles. The summed E-state index contributed by atoms with van der Waals surface area (Å²) < 4.78 is 23.3. The first kappa shape index (κ1) is 20.2. The van der Waals surface area contributed by atoms with Crippen LogP contribution >= 0.6 is 0 Å².